The Morgan fingerprint density at radius 1 is 1.00 bits per heavy atom. The number of piperidine rings is 1. The van der Waals surface area contributed by atoms with E-state index in [2.05, 4.69) is 10.3 Å². The van der Waals surface area contributed by atoms with Crippen LogP contribution in [0.1, 0.15) is 34.3 Å². The predicted octanol–water partition coefficient (Wildman–Crippen LogP) is 3.56. The predicted molar refractivity (Wildman–Crippen MR) is 130 cm³/mol. The van der Waals surface area contributed by atoms with Gasteiger partial charge in [-0.25, -0.2) is 4.98 Å². The fourth-order valence-corrected chi connectivity index (χ4v) is 4.26. The molecule has 3 heterocycles. The first kappa shape index (κ1) is 20.8. The maximum Gasteiger partial charge on any atom is 0.253 e. The van der Waals surface area contributed by atoms with E-state index in [1.165, 1.54) is 0 Å². The first-order valence-electron chi connectivity index (χ1n) is 11.0. The number of benzene rings is 2. The number of anilines is 3. The molecule has 0 bridgehead atoms. The van der Waals surface area contributed by atoms with Gasteiger partial charge in [-0.2, -0.15) is 0 Å². The highest BCUT2D eigenvalue weighted by Gasteiger charge is 2.28. The molecule has 2 aliphatic heterocycles. The number of pyridine rings is 1. The van der Waals surface area contributed by atoms with E-state index < -0.39 is 0 Å². The van der Waals surface area contributed by atoms with E-state index >= 15 is 0 Å². The molecule has 2 aromatic carbocycles. The van der Waals surface area contributed by atoms with Gasteiger partial charge in [-0.1, -0.05) is 24.3 Å². The smallest absolute Gasteiger partial charge is 0.253 e. The van der Waals surface area contributed by atoms with Gasteiger partial charge in [0.2, 0.25) is 0 Å². The van der Waals surface area contributed by atoms with Crippen molar-refractivity contribution in [3.63, 3.8) is 0 Å². The van der Waals surface area contributed by atoms with Crippen LogP contribution in [0.2, 0.25) is 0 Å². The van der Waals surface area contributed by atoms with Gasteiger partial charge in [-0.15, -0.1) is 0 Å². The largest absolute Gasteiger partial charge is 0.339 e. The van der Waals surface area contributed by atoms with Gasteiger partial charge in [0.15, 0.2) is 5.82 Å². The molecule has 0 atom stereocenters. The summed E-state index contributed by atoms with van der Waals surface area (Å²) in [5.41, 5.74) is 9.20. The highest BCUT2D eigenvalue weighted by molar-refractivity contribution is 6.30. The molecule has 3 aromatic rings. The van der Waals surface area contributed by atoms with Crippen LogP contribution in [0.25, 0.3) is 0 Å². The molecule has 8 nitrogen and oxygen atoms in total. The lowest BCUT2D eigenvalue weighted by Gasteiger charge is -2.30. The molecule has 5 N–H and O–H groups in total. The molecule has 0 aliphatic carbocycles. The van der Waals surface area contributed by atoms with Crippen LogP contribution in [0.15, 0.2) is 66.9 Å². The Labute approximate surface area is 192 Å². The van der Waals surface area contributed by atoms with Gasteiger partial charge in [0.1, 0.15) is 11.7 Å². The van der Waals surface area contributed by atoms with E-state index in [0.29, 0.717) is 41.3 Å². The van der Waals surface area contributed by atoms with Crippen molar-refractivity contribution in [3.8, 4) is 0 Å². The van der Waals surface area contributed by atoms with Crippen molar-refractivity contribution in [2.24, 2.45) is 5.73 Å². The maximum atomic E-state index is 12.9. The zero-order valence-electron chi connectivity index (χ0n) is 18.1. The Morgan fingerprint density at radius 3 is 2.45 bits per heavy atom. The lowest BCUT2D eigenvalue weighted by molar-refractivity contribution is 0.0714. The number of nitrogens with two attached hydrogens (primary N) is 1. The summed E-state index contributed by atoms with van der Waals surface area (Å²) in [6.07, 6.45) is 3.31. The summed E-state index contributed by atoms with van der Waals surface area (Å²) in [4.78, 5) is 20.7. The Bertz CT molecular complexity index is 1230. The highest BCUT2D eigenvalue weighted by atomic mass is 16.2. The zero-order valence-corrected chi connectivity index (χ0v) is 18.1. The van der Waals surface area contributed by atoms with Crippen LogP contribution in [-0.2, 0) is 0 Å². The first-order valence-corrected chi connectivity index (χ1v) is 11.0. The summed E-state index contributed by atoms with van der Waals surface area (Å²) in [5, 5.41) is 21.1. The molecular weight excluding hydrogens is 414 g/mol. The number of carbonyl (C=O) groups is 1. The summed E-state index contributed by atoms with van der Waals surface area (Å²) >= 11 is 0. The van der Waals surface area contributed by atoms with Crippen LogP contribution in [0.5, 0.6) is 0 Å². The molecule has 2 aliphatic rings. The average molecular weight is 440 g/mol. The monoisotopic (exact) mass is 439 g/mol. The van der Waals surface area contributed by atoms with Crippen LogP contribution < -0.4 is 16.0 Å². The number of aromatic nitrogens is 1. The van der Waals surface area contributed by atoms with E-state index in [1.54, 1.807) is 41.4 Å². The normalized spacial score (nSPS) is 15.8. The van der Waals surface area contributed by atoms with Gasteiger partial charge < -0.3 is 16.0 Å². The molecule has 0 spiro atoms. The molecule has 0 radical (unpaired) electrons. The number of amidine groups is 2. The fraction of sp³-hybridized carbons (Fsp3) is 0.200. The number of carbonyl (C=O) groups excluding carboxylic acids is 1. The zero-order chi connectivity index (χ0) is 22.9. The molecular formula is C25H25N7O. The lowest BCUT2D eigenvalue weighted by Crippen LogP contribution is -2.42. The lowest BCUT2D eigenvalue weighted by atomic mass is 10.0. The Morgan fingerprint density at radius 2 is 1.70 bits per heavy atom. The third kappa shape index (κ3) is 3.85. The molecule has 5 rings (SSSR count). The van der Waals surface area contributed by atoms with E-state index in [-0.39, 0.29) is 23.6 Å². The number of hydrogen-bond acceptors (Lipinski definition) is 6. The number of rotatable bonds is 2. The van der Waals surface area contributed by atoms with Crippen LogP contribution in [0.3, 0.4) is 0 Å². The molecule has 166 valence electrons. The third-order valence-corrected chi connectivity index (χ3v) is 6.14. The third-order valence-electron chi connectivity index (χ3n) is 6.14. The van der Waals surface area contributed by atoms with Crippen LogP contribution >= 0.6 is 0 Å². The SMILES string of the molecule is N=C(c1ccc(C(=O)N2CCC(N)CC2)cc1)N1C(=N)c2ccccc2Nc2ncccc21. The summed E-state index contributed by atoms with van der Waals surface area (Å²) in [6.45, 7) is 1.33. The summed E-state index contributed by atoms with van der Waals surface area (Å²) in [6, 6.07) is 18.3. The topological polar surface area (TPSA) is 122 Å². The minimum Gasteiger partial charge on any atom is -0.339 e. The van der Waals surface area contributed by atoms with Gasteiger partial charge >= 0.3 is 0 Å². The van der Waals surface area contributed by atoms with Crippen LogP contribution in [-0.4, -0.2) is 46.6 Å². The molecule has 1 saturated heterocycles. The molecule has 1 aromatic heterocycles. The average Bonchev–Trinajstić information content (AvgIpc) is 2.97. The van der Waals surface area contributed by atoms with Crippen molar-refractivity contribution in [1.82, 2.24) is 9.88 Å². The molecule has 0 unspecified atom stereocenters. The minimum atomic E-state index is -0.0184. The second kappa shape index (κ2) is 8.48. The molecule has 0 saturated carbocycles. The standard InChI is InChI=1S/C25H25N7O/c26-18-11-14-31(15-12-18)25(33)17-9-7-16(8-10-17)22(27)32-21-6-3-13-29-24(21)30-20-5-2-1-4-19(20)23(32)28/h1-10,13,18,27-28H,11-12,14-15,26H2,(H,29,30). The van der Waals surface area contributed by atoms with Gasteiger partial charge in [-0.05, 0) is 49.2 Å². The van der Waals surface area contributed by atoms with E-state index in [9.17, 15) is 4.79 Å². The summed E-state index contributed by atoms with van der Waals surface area (Å²) in [5.74, 6) is 0.873. The van der Waals surface area contributed by atoms with Gasteiger partial charge in [0.25, 0.3) is 5.91 Å². The molecule has 33 heavy (non-hydrogen) atoms. The van der Waals surface area contributed by atoms with Crippen molar-refractivity contribution in [3.05, 3.63) is 83.6 Å². The number of nitrogens with zero attached hydrogens (tertiary/aromatic N) is 3. The maximum absolute atomic E-state index is 12.9. The second-order valence-electron chi connectivity index (χ2n) is 8.28. The number of fused-ring (bicyclic) bond motifs is 2. The van der Waals surface area contributed by atoms with E-state index in [1.807, 2.05) is 35.2 Å². The first-order chi connectivity index (χ1) is 16.0. The number of nitrogens with one attached hydrogen (secondary N) is 3. The van der Waals surface area contributed by atoms with Gasteiger partial charge in [0.05, 0.1) is 11.4 Å². The Kier molecular flexibility index (Phi) is 5.35. The highest BCUT2D eigenvalue weighted by Crippen LogP contribution is 2.34. The second-order valence-corrected chi connectivity index (χ2v) is 8.28. The van der Waals surface area contributed by atoms with Gasteiger partial charge in [0, 0.05) is 42.0 Å². The number of hydrogen-bond donors (Lipinski definition) is 4. The van der Waals surface area contributed by atoms with Crippen molar-refractivity contribution >= 4 is 34.8 Å². The Hall–Kier alpha value is -4.04. The molecule has 1 fully saturated rings. The molecule has 8 heteroatoms. The van der Waals surface area contributed by atoms with Crippen LogP contribution in [0.4, 0.5) is 17.2 Å². The van der Waals surface area contributed by atoms with Crippen molar-refractivity contribution in [2.75, 3.05) is 23.3 Å². The van der Waals surface area contributed by atoms with Crippen molar-refractivity contribution in [1.29, 1.82) is 10.8 Å². The van der Waals surface area contributed by atoms with E-state index in [4.69, 9.17) is 16.6 Å². The number of likely N-dealkylation sites (tertiary alicyclic amines) is 1. The van der Waals surface area contributed by atoms with Crippen molar-refractivity contribution in [2.45, 2.75) is 18.9 Å². The van der Waals surface area contributed by atoms with Crippen LogP contribution in [0, 0.1) is 10.8 Å². The van der Waals surface area contributed by atoms with E-state index in [0.717, 1.165) is 18.5 Å². The molecule has 1 amide bonds. The minimum absolute atomic E-state index is 0.0184. The number of para-hydroxylation sites is 1. The number of amides is 1. The van der Waals surface area contributed by atoms with Gasteiger partial charge in [-0.3, -0.25) is 20.5 Å². The Balaban J connectivity index is 1.45. The quantitative estimate of drug-likeness (QED) is 0.359. The fourth-order valence-electron chi connectivity index (χ4n) is 4.26. The van der Waals surface area contributed by atoms with Crippen molar-refractivity contribution < 1.29 is 4.79 Å². The summed E-state index contributed by atoms with van der Waals surface area (Å²) in [7, 11) is 0. The summed E-state index contributed by atoms with van der Waals surface area (Å²) < 4.78 is 0.